The highest BCUT2D eigenvalue weighted by atomic mass is 16.6. The zero-order chi connectivity index (χ0) is 14.8. The Morgan fingerprint density at radius 1 is 1.19 bits per heavy atom. The first kappa shape index (κ1) is 14.6. The van der Waals surface area contributed by atoms with E-state index in [0.717, 1.165) is 38.5 Å². The summed E-state index contributed by atoms with van der Waals surface area (Å²) in [4.78, 5) is 24.4. The van der Waals surface area contributed by atoms with Crippen molar-refractivity contribution >= 4 is 11.9 Å². The minimum absolute atomic E-state index is 0.0238. The van der Waals surface area contributed by atoms with E-state index in [1.165, 1.54) is 0 Å². The first-order chi connectivity index (χ1) is 10.2. The van der Waals surface area contributed by atoms with Crippen LogP contribution in [-0.2, 0) is 19.1 Å². The molecule has 0 aromatic heterocycles. The summed E-state index contributed by atoms with van der Waals surface area (Å²) in [5.41, 5.74) is 0. The number of ether oxygens (including phenoxy) is 2. The molecule has 0 aromatic rings. The molecule has 0 radical (unpaired) electrons. The van der Waals surface area contributed by atoms with Crippen LogP contribution in [0.25, 0.3) is 0 Å². The molecule has 2 fully saturated rings. The van der Waals surface area contributed by atoms with Gasteiger partial charge in [0, 0.05) is 0 Å². The molecule has 0 N–H and O–H groups in total. The third kappa shape index (κ3) is 3.14. The Balaban J connectivity index is 1.52. The van der Waals surface area contributed by atoms with E-state index in [-0.39, 0.29) is 24.0 Å². The summed E-state index contributed by atoms with van der Waals surface area (Å²) in [6.45, 7) is 1.86. The number of allylic oxidation sites excluding steroid dienone is 2. The van der Waals surface area contributed by atoms with E-state index in [1.807, 2.05) is 6.92 Å². The van der Waals surface area contributed by atoms with Gasteiger partial charge in [0.1, 0.15) is 6.10 Å². The lowest BCUT2D eigenvalue weighted by Crippen LogP contribution is -2.34. The lowest BCUT2D eigenvalue weighted by Gasteiger charge is -2.22. The summed E-state index contributed by atoms with van der Waals surface area (Å²) >= 11 is 0. The van der Waals surface area contributed by atoms with Crippen LogP contribution in [0.3, 0.4) is 0 Å². The van der Waals surface area contributed by atoms with Gasteiger partial charge in [0.25, 0.3) is 0 Å². The van der Waals surface area contributed by atoms with Crippen molar-refractivity contribution in [3.05, 3.63) is 12.2 Å². The fourth-order valence-corrected chi connectivity index (χ4v) is 3.82. The molecule has 0 heterocycles. The predicted molar refractivity (Wildman–Crippen MR) is 77.4 cm³/mol. The molecule has 4 unspecified atom stereocenters. The molecular formula is C17H24O4. The number of fused-ring (bicyclic) bond motifs is 2. The predicted octanol–water partition coefficient (Wildman–Crippen LogP) is 3.01. The van der Waals surface area contributed by atoms with E-state index in [0.29, 0.717) is 18.3 Å². The van der Waals surface area contributed by atoms with Crippen molar-refractivity contribution in [3.8, 4) is 0 Å². The Labute approximate surface area is 125 Å². The fraction of sp³-hybridized carbons (Fsp3) is 0.765. The van der Waals surface area contributed by atoms with Crippen molar-refractivity contribution < 1.29 is 19.1 Å². The van der Waals surface area contributed by atoms with Gasteiger partial charge in [-0.25, -0.2) is 4.79 Å². The fourth-order valence-electron chi connectivity index (χ4n) is 3.82. The maximum Gasteiger partial charge on any atom is 0.347 e. The molecular weight excluding hydrogens is 268 g/mol. The molecule has 3 aliphatic carbocycles. The number of carbonyl (C=O) groups excluding carboxylic acids is 2. The zero-order valence-corrected chi connectivity index (χ0v) is 12.6. The summed E-state index contributed by atoms with van der Waals surface area (Å²) in [6, 6.07) is 0. The molecule has 3 rings (SSSR count). The zero-order valence-electron chi connectivity index (χ0n) is 12.6. The average Bonchev–Trinajstić information content (AvgIpc) is 3.21. The number of rotatable bonds is 5. The molecule has 0 aromatic carbocycles. The second kappa shape index (κ2) is 6.20. The Morgan fingerprint density at radius 3 is 2.52 bits per heavy atom. The standard InChI is InChI=1S/C17H24O4/c1-2-15(17(19)20-13-5-3-4-6-13)21-16(18)14-10-11-7-8-12(14)9-11/h7-8,11-15H,2-6,9-10H2,1H3. The molecule has 2 saturated carbocycles. The summed E-state index contributed by atoms with van der Waals surface area (Å²) in [5.74, 6) is 0.191. The van der Waals surface area contributed by atoms with E-state index in [2.05, 4.69) is 12.2 Å². The lowest BCUT2D eigenvalue weighted by molar-refractivity contribution is -0.174. The van der Waals surface area contributed by atoms with Gasteiger partial charge in [0.15, 0.2) is 6.10 Å². The maximum absolute atomic E-state index is 12.3. The molecule has 0 spiro atoms. The van der Waals surface area contributed by atoms with E-state index in [4.69, 9.17) is 9.47 Å². The highest BCUT2D eigenvalue weighted by Crippen LogP contribution is 2.44. The minimum atomic E-state index is -0.735. The van der Waals surface area contributed by atoms with Gasteiger partial charge in [-0.2, -0.15) is 0 Å². The molecule has 0 amide bonds. The summed E-state index contributed by atoms with van der Waals surface area (Å²) in [5, 5.41) is 0. The molecule has 4 heteroatoms. The van der Waals surface area contributed by atoms with Gasteiger partial charge in [0.2, 0.25) is 0 Å². The van der Waals surface area contributed by atoms with Gasteiger partial charge in [0.05, 0.1) is 5.92 Å². The van der Waals surface area contributed by atoms with Gasteiger partial charge < -0.3 is 9.47 Å². The molecule has 116 valence electrons. The van der Waals surface area contributed by atoms with Crippen LogP contribution in [0.1, 0.15) is 51.9 Å². The third-order valence-electron chi connectivity index (χ3n) is 5.06. The van der Waals surface area contributed by atoms with Crippen molar-refractivity contribution in [3.63, 3.8) is 0 Å². The van der Waals surface area contributed by atoms with Crippen LogP contribution in [0.4, 0.5) is 0 Å². The largest absolute Gasteiger partial charge is 0.460 e. The Bertz CT molecular complexity index is 436. The quantitative estimate of drug-likeness (QED) is 0.577. The average molecular weight is 292 g/mol. The van der Waals surface area contributed by atoms with Crippen molar-refractivity contribution in [2.75, 3.05) is 0 Å². The highest BCUT2D eigenvalue weighted by molar-refractivity contribution is 5.81. The first-order valence-electron chi connectivity index (χ1n) is 8.26. The van der Waals surface area contributed by atoms with Crippen molar-refractivity contribution in [1.82, 2.24) is 0 Å². The number of carbonyl (C=O) groups is 2. The smallest absolute Gasteiger partial charge is 0.347 e. The molecule has 4 atom stereocenters. The topological polar surface area (TPSA) is 52.6 Å². The van der Waals surface area contributed by atoms with Crippen LogP contribution in [0.15, 0.2) is 12.2 Å². The van der Waals surface area contributed by atoms with Crippen LogP contribution < -0.4 is 0 Å². The van der Waals surface area contributed by atoms with Gasteiger partial charge in [-0.3, -0.25) is 4.79 Å². The van der Waals surface area contributed by atoms with Gasteiger partial charge in [-0.15, -0.1) is 0 Å². The van der Waals surface area contributed by atoms with Crippen LogP contribution >= 0.6 is 0 Å². The van der Waals surface area contributed by atoms with Crippen LogP contribution in [0.5, 0.6) is 0 Å². The van der Waals surface area contributed by atoms with Crippen LogP contribution in [-0.4, -0.2) is 24.1 Å². The van der Waals surface area contributed by atoms with E-state index in [1.54, 1.807) is 0 Å². The Hall–Kier alpha value is -1.32. The van der Waals surface area contributed by atoms with E-state index < -0.39 is 6.10 Å². The summed E-state index contributed by atoms with van der Waals surface area (Å²) in [6.07, 6.45) is 10.1. The SMILES string of the molecule is CCC(OC(=O)C1CC2C=CC1C2)C(=O)OC1CCCC1. The normalized spacial score (nSPS) is 32.3. The van der Waals surface area contributed by atoms with Crippen molar-refractivity contribution in [2.24, 2.45) is 17.8 Å². The summed E-state index contributed by atoms with van der Waals surface area (Å²) in [7, 11) is 0. The van der Waals surface area contributed by atoms with Crippen LogP contribution in [0, 0.1) is 17.8 Å². The van der Waals surface area contributed by atoms with Gasteiger partial charge in [-0.1, -0.05) is 19.1 Å². The number of hydrogen-bond acceptors (Lipinski definition) is 4. The molecule has 2 bridgehead atoms. The molecule has 0 saturated heterocycles. The molecule has 0 aliphatic heterocycles. The van der Waals surface area contributed by atoms with Crippen molar-refractivity contribution in [1.29, 1.82) is 0 Å². The second-order valence-corrected chi connectivity index (χ2v) is 6.56. The molecule has 3 aliphatic rings. The van der Waals surface area contributed by atoms with Crippen molar-refractivity contribution in [2.45, 2.75) is 64.1 Å². The summed E-state index contributed by atoms with van der Waals surface area (Å²) < 4.78 is 10.9. The number of hydrogen-bond donors (Lipinski definition) is 0. The van der Waals surface area contributed by atoms with Gasteiger partial charge >= 0.3 is 11.9 Å². The lowest BCUT2D eigenvalue weighted by atomic mass is 9.94. The number of esters is 2. The Kier molecular flexibility index (Phi) is 4.32. The first-order valence-corrected chi connectivity index (χ1v) is 8.26. The maximum atomic E-state index is 12.3. The third-order valence-corrected chi connectivity index (χ3v) is 5.06. The highest BCUT2D eigenvalue weighted by Gasteiger charge is 2.42. The monoisotopic (exact) mass is 292 g/mol. The van der Waals surface area contributed by atoms with E-state index >= 15 is 0 Å². The second-order valence-electron chi connectivity index (χ2n) is 6.56. The van der Waals surface area contributed by atoms with Gasteiger partial charge in [-0.05, 0) is 56.8 Å². The molecule has 4 nitrogen and oxygen atoms in total. The Morgan fingerprint density at radius 2 is 1.95 bits per heavy atom. The van der Waals surface area contributed by atoms with E-state index in [9.17, 15) is 9.59 Å². The van der Waals surface area contributed by atoms with Crippen LogP contribution in [0.2, 0.25) is 0 Å². The minimum Gasteiger partial charge on any atom is -0.460 e. The molecule has 21 heavy (non-hydrogen) atoms.